The molecule has 1 aromatic heterocycles. The first-order chi connectivity index (χ1) is 12.1. The summed E-state index contributed by atoms with van der Waals surface area (Å²) >= 11 is 1.73. The maximum absolute atomic E-state index is 8.36. The van der Waals surface area contributed by atoms with E-state index in [1.165, 1.54) is 17.5 Å². The van der Waals surface area contributed by atoms with Crippen LogP contribution < -0.4 is 0 Å². The Bertz CT molecular complexity index is 630. The molecule has 5 heteroatoms. The maximum Gasteiger partial charge on any atom is 0.290 e. The molecule has 0 unspecified atom stereocenters. The van der Waals surface area contributed by atoms with Crippen LogP contribution in [0.3, 0.4) is 0 Å². The van der Waals surface area contributed by atoms with E-state index in [2.05, 4.69) is 68.9 Å². The maximum atomic E-state index is 8.36. The van der Waals surface area contributed by atoms with Crippen molar-refractivity contribution in [2.24, 2.45) is 0 Å². The van der Waals surface area contributed by atoms with Crippen molar-refractivity contribution in [1.82, 2.24) is 9.97 Å². The largest absolute Gasteiger partial charge is 0.483 e. The van der Waals surface area contributed by atoms with E-state index in [0.717, 1.165) is 22.3 Å². The quantitative estimate of drug-likeness (QED) is 0.381. The van der Waals surface area contributed by atoms with Crippen molar-refractivity contribution < 1.29 is 9.90 Å². The molecule has 152 valence electrons. The molecule has 0 radical (unpaired) electrons. The molecular weight excluding hydrogens is 356 g/mol. The average molecular weight is 393 g/mol. The van der Waals surface area contributed by atoms with Crippen molar-refractivity contribution in [3.05, 3.63) is 52.8 Å². The first-order valence-corrected chi connectivity index (χ1v) is 9.72. The summed E-state index contributed by atoms with van der Waals surface area (Å²) in [5.74, 6) is 1.10. The Morgan fingerprint density at radius 3 is 1.85 bits per heavy atom. The molecule has 0 spiro atoms. The van der Waals surface area contributed by atoms with Crippen LogP contribution in [0.5, 0.6) is 0 Å². The van der Waals surface area contributed by atoms with Crippen molar-refractivity contribution in [2.45, 2.75) is 72.9 Å². The number of hydrogen-bond acceptors (Lipinski definition) is 4. The van der Waals surface area contributed by atoms with E-state index in [1.807, 2.05) is 19.9 Å². The van der Waals surface area contributed by atoms with E-state index in [4.69, 9.17) is 9.90 Å². The number of rotatable bonds is 3. The highest BCUT2D eigenvalue weighted by atomic mass is 32.2. The van der Waals surface area contributed by atoms with Gasteiger partial charge in [0.2, 0.25) is 0 Å². The van der Waals surface area contributed by atoms with Gasteiger partial charge in [0, 0.05) is 17.1 Å². The van der Waals surface area contributed by atoms with Gasteiger partial charge in [-0.3, -0.25) is 4.79 Å². The number of carboxylic acid groups (broad SMARTS) is 1. The van der Waals surface area contributed by atoms with Crippen molar-refractivity contribution in [1.29, 1.82) is 0 Å². The van der Waals surface area contributed by atoms with Crippen LogP contribution in [0, 0.1) is 20.8 Å². The van der Waals surface area contributed by atoms with Crippen LogP contribution in [0.1, 0.15) is 64.1 Å². The van der Waals surface area contributed by atoms with Crippen molar-refractivity contribution in [3.8, 4) is 0 Å². The minimum absolute atomic E-state index is 0. The summed E-state index contributed by atoms with van der Waals surface area (Å²) in [4.78, 5) is 17.0. The Hall–Kier alpha value is -1.88. The van der Waals surface area contributed by atoms with E-state index in [1.54, 1.807) is 11.8 Å². The standard InChI is InChI=1S/C11H16.C9H14N2S.CH2O2.CH4/c1-9-5-7-10(8-6-9)11(2,3)4;1-4-5-12-9-10-7(2)6-8(3)11-9;2-1-3;/h5-8H,1-4H3;6H,4-5H2,1-3H3;1H,(H,2,3);1H4. The van der Waals surface area contributed by atoms with Crippen LogP contribution >= 0.6 is 11.8 Å². The molecule has 2 rings (SSSR count). The van der Waals surface area contributed by atoms with Crippen molar-refractivity contribution >= 4 is 18.2 Å². The summed E-state index contributed by atoms with van der Waals surface area (Å²) in [6.45, 7) is 14.7. The van der Waals surface area contributed by atoms with Gasteiger partial charge in [-0.15, -0.1) is 0 Å². The van der Waals surface area contributed by atoms with Crippen LogP contribution in [-0.4, -0.2) is 27.3 Å². The third-order valence-corrected chi connectivity index (χ3v) is 4.37. The fourth-order valence-corrected chi connectivity index (χ4v) is 2.81. The molecule has 1 N–H and O–H groups in total. The Balaban J connectivity index is 0. The monoisotopic (exact) mass is 392 g/mol. The number of aromatic nitrogens is 2. The zero-order valence-electron chi connectivity index (χ0n) is 17.0. The van der Waals surface area contributed by atoms with Gasteiger partial charge in [0.25, 0.3) is 6.47 Å². The van der Waals surface area contributed by atoms with Crippen molar-refractivity contribution in [2.75, 3.05) is 5.75 Å². The van der Waals surface area contributed by atoms with Gasteiger partial charge in [-0.1, -0.05) is 76.7 Å². The Kier molecular flexibility index (Phi) is 14.4. The summed E-state index contributed by atoms with van der Waals surface area (Å²) in [6.07, 6.45) is 1.17. The smallest absolute Gasteiger partial charge is 0.290 e. The van der Waals surface area contributed by atoms with Gasteiger partial charge in [0.1, 0.15) is 0 Å². The Morgan fingerprint density at radius 1 is 1.04 bits per heavy atom. The van der Waals surface area contributed by atoms with Gasteiger partial charge >= 0.3 is 0 Å². The number of hydrogen-bond donors (Lipinski definition) is 1. The molecule has 0 aliphatic heterocycles. The molecule has 0 amide bonds. The predicted molar refractivity (Wildman–Crippen MR) is 118 cm³/mol. The lowest BCUT2D eigenvalue weighted by Crippen LogP contribution is -2.10. The molecule has 0 aliphatic carbocycles. The zero-order chi connectivity index (χ0) is 20.2. The second kappa shape index (κ2) is 14.2. The minimum atomic E-state index is -0.250. The number of benzene rings is 1. The molecule has 1 heterocycles. The van der Waals surface area contributed by atoms with Crippen LogP contribution in [0.25, 0.3) is 0 Å². The summed E-state index contributed by atoms with van der Waals surface area (Å²) < 4.78 is 0. The second-order valence-corrected chi connectivity index (χ2v) is 8.07. The second-order valence-electron chi connectivity index (χ2n) is 7.00. The van der Waals surface area contributed by atoms with Gasteiger partial charge < -0.3 is 5.11 Å². The van der Waals surface area contributed by atoms with Crippen LogP contribution in [0.2, 0.25) is 0 Å². The first-order valence-electron chi connectivity index (χ1n) is 8.74. The number of nitrogens with zero attached hydrogens (tertiary/aromatic N) is 2. The lowest BCUT2D eigenvalue weighted by Gasteiger charge is -2.18. The third kappa shape index (κ3) is 13.0. The molecule has 0 aliphatic rings. The van der Waals surface area contributed by atoms with Gasteiger partial charge in [-0.05, 0) is 44.2 Å². The van der Waals surface area contributed by atoms with Crippen LogP contribution in [0.15, 0.2) is 35.5 Å². The zero-order valence-corrected chi connectivity index (χ0v) is 17.9. The molecular formula is C22H36N2O2S. The molecule has 0 bridgehead atoms. The molecule has 0 saturated carbocycles. The van der Waals surface area contributed by atoms with E-state index < -0.39 is 0 Å². The fourth-order valence-electron chi connectivity index (χ4n) is 2.01. The minimum Gasteiger partial charge on any atom is -0.483 e. The summed E-state index contributed by atoms with van der Waals surface area (Å²) in [6, 6.07) is 10.7. The molecule has 0 saturated heterocycles. The first kappa shape index (κ1) is 27.3. The summed E-state index contributed by atoms with van der Waals surface area (Å²) in [5.41, 5.74) is 5.14. The highest BCUT2D eigenvalue weighted by Crippen LogP contribution is 2.21. The van der Waals surface area contributed by atoms with Crippen LogP contribution in [-0.2, 0) is 10.2 Å². The van der Waals surface area contributed by atoms with Crippen molar-refractivity contribution in [3.63, 3.8) is 0 Å². The van der Waals surface area contributed by atoms with Gasteiger partial charge in [0.05, 0.1) is 0 Å². The average Bonchev–Trinajstić information content (AvgIpc) is 2.53. The SMILES string of the molecule is C.CCCSc1nc(C)cc(C)n1.Cc1ccc(C(C)(C)C)cc1.O=CO. The summed E-state index contributed by atoms with van der Waals surface area (Å²) in [5, 5.41) is 7.80. The molecule has 0 atom stereocenters. The highest BCUT2D eigenvalue weighted by molar-refractivity contribution is 7.99. The van der Waals surface area contributed by atoms with Gasteiger partial charge in [-0.25, -0.2) is 9.97 Å². The lowest BCUT2D eigenvalue weighted by molar-refractivity contribution is -0.122. The topological polar surface area (TPSA) is 63.1 Å². The number of aryl methyl sites for hydroxylation is 3. The summed E-state index contributed by atoms with van der Waals surface area (Å²) in [7, 11) is 0. The lowest BCUT2D eigenvalue weighted by atomic mass is 9.87. The van der Waals surface area contributed by atoms with E-state index in [-0.39, 0.29) is 19.3 Å². The van der Waals surface area contributed by atoms with Crippen LogP contribution in [0.4, 0.5) is 0 Å². The highest BCUT2D eigenvalue weighted by Gasteiger charge is 2.11. The fraction of sp³-hybridized carbons (Fsp3) is 0.500. The van der Waals surface area contributed by atoms with E-state index in [0.29, 0.717) is 0 Å². The number of thioether (sulfide) groups is 1. The normalized spacial score (nSPS) is 9.74. The Morgan fingerprint density at radius 2 is 1.48 bits per heavy atom. The Labute approximate surface area is 169 Å². The van der Waals surface area contributed by atoms with Gasteiger partial charge in [-0.2, -0.15) is 0 Å². The molecule has 0 fully saturated rings. The third-order valence-electron chi connectivity index (χ3n) is 3.31. The molecule has 4 nitrogen and oxygen atoms in total. The number of carbonyl (C=O) groups is 1. The molecule has 2 aromatic rings. The molecule has 1 aromatic carbocycles. The molecule has 27 heavy (non-hydrogen) atoms. The van der Waals surface area contributed by atoms with E-state index in [9.17, 15) is 0 Å². The van der Waals surface area contributed by atoms with Gasteiger partial charge in [0.15, 0.2) is 5.16 Å². The predicted octanol–water partition coefficient (Wildman–Crippen LogP) is 6.22. The van der Waals surface area contributed by atoms with E-state index >= 15 is 0 Å².